The topological polar surface area (TPSA) is 61.9 Å². The molecule has 2 aromatic rings. The van der Waals surface area contributed by atoms with Crippen molar-refractivity contribution in [1.29, 1.82) is 0 Å². The van der Waals surface area contributed by atoms with Crippen LogP contribution >= 0.6 is 0 Å². The number of rotatable bonds is 3. The van der Waals surface area contributed by atoms with Gasteiger partial charge in [0.25, 0.3) is 11.8 Å². The van der Waals surface area contributed by atoms with Crippen molar-refractivity contribution in [1.82, 2.24) is 5.43 Å². The van der Waals surface area contributed by atoms with Crippen LogP contribution in [0.5, 0.6) is 0 Å². The normalized spacial score (nSPS) is 19.2. The number of hydrogen-bond donors (Lipinski definition) is 1. The minimum atomic E-state index is -0.392. The molecule has 2 heterocycles. The van der Waals surface area contributed by atoms with Crippen molar-refractivity contribution in [2.24, 2.45) is 0 Å². The van der Waals surface area contributed by atoms with Crippen molar-refractivity contribution in [3.05, 3.63) is 65.7 Å². The Labute approximate surface area is 151 Å². The van der Waals surface area contributed by atoms with Gasteiger partial charge in [0.15, 0.2) is 0 Å². The molecule has 0 aromatic heterocycles. The molecule has 0 bridgehead atoms. The minimum Gasteiger partial charge on any atom is -0.378 e. The Morgan fingerprint density at radius 2 is 1.58 bits per heavy atom. The van der Waals surface area contributed by atoms with Gasteiger partial charge in [0.1, 0.15) is 5.57 Å². The molecule has 2 aromatic carbocycles. The fourth-order valence-electron chi connectivity index (χ4n) is 3.09. The molecule has 2 aliphatic heterocycles. The summed E-state index contributed by atoms with van der Waals surface area (Å²) < 4.78 is 5.37. The third kappa shape index (κ3) is 3.19. The maximum Gasteiger partial charge on any atom is 0.282 e. The van der Waals surface area contributed by atoms with Gasteiger partial charge in [-0.2, -0.15) is 0 Å². The fraction of sp³-hybridized carbons (Fsp3) is 0.200. The summed E-state index contributed by atoms with van der Waals surface area (Å²) in [4.78, 5) is 27.1. The molecule has 4 rings (SSSR count). The van der Waals surface area contributed by atoms with E-state index in [0.717, 1.165) is 37.6 Å². The second-order valence-corrected chi connectivity index (χ2v) is 6.17. The average molecular weight is 349 g/mol. The predicted molar refractivity (Wildman–Crippen MR) is 99.5 cm³/mol. The summed E-state index contributed by atoms with van der Waals surface area (Å²) in [5.41, 5.74) is 5.31. The average Bonchev–Trinajstić information content (AvgIpc) is 2.98. The smallest absolute Gasteiger partial charge is 0.282 e. The van der Waals surface area contributed by atoms with Gasteiger partial charge < -0.3 is 9.64 Å². The number of nitrogens with one attached hydrogen (secondary N) is 1. The van der Waals surface area contributed by atoms with Crippen molar-refractivity contribution in [2.45, 2.75) is 0 Å². The number of anilines is 2. The fourth-order valence-corrected chi connectivity index (χ4v) is 3.09. The van der Waals surface area contributed by atoms with Gasteiger partial charge in [0.05, 0.1) is 18.9 Å². The number of hydrogen-bond acceptors (Lipinski definition) is 4. The van der Waals surface area contributed by atoms with Gasteiger partial charge in [-0.05, 0) is 35.9 Å². The Kier molecular flexibility index (Phi) is 4.41. The van der Waals surface area contributed by atoms with Gasteiger partial charge in [-0.25, -0.2) is 5.01 Å². The Morgan fingerprint density at radius 1 is 0.885 bits per heavy atom. The van der Waals surface area contributed by atoms with Crippen LogP contribution in [0.1, 0.15) is 5.56 Å². The quantitative estimate of drug-likeness (QED) is 0.680. The lowest BCUT2D eigenvalue weighted by atomic mass is 10.1. The van der Waals surface area contributed by atoms with Gasteiger partial charge in [0, 0.05) is 18.8 Å². The Bertz CT molecular complexity index is 840. The molecule has 2 amide bonds. The minimum absolute atomic E-state index is 0.132. The van der Waals surface area contributed by atoms with E-state index in [1.54, 1.807) is 18.2 Å². The van der Waals surface area contributed by atoms with E-state index in [4.69, 9.17) is 4.74 Å². The van der Waals surface area contributed by atoms with Crippen LogP contribution in [-0.4, -0.2) is 38.1 Å². The number of amides is 2. The lowest BCUT2D eigenvalue weighted by molar-refractivity contribution is -0.117. The molecule has 2 aliphatic rings. The number of benzene rings is 2. The summed E-state index contributed by atoms with van der Waals surface area (Å²) in [6, 6.07) is 16.9. The number of ether oxygens (including phenoxy) is 1. The number of nitrogens with zero attached hydrogens (tertiary/aromatic N) is 2. The highest BCUT2D eigenvalue weighted by Gasteiger charge is 2.34. The molecule has 6 heteroatoms. The zero-order valence-corrected chi connectivity index (χ0v) is 14.2. The van der Waals surface area contributed by atoms with E-state index in [1.165, 1.54) is 5.01 Å². The SMILES string of the molecule is O=C1NN(c2ccccc2)C(=O)/C1=C/c1ccc(N2CCOCC2)cc1. The highest BCUT2D eigenvalue weighted by molar-refractivity contribution is 6.31. The van der Waals surface area contributed by atoms with Gasteiger partial charge in [0.2, 0.25) is 0 Å². The lowest BCUT2D eigenvalue weighted by Gasteiger charge is -2.28. The molecule has 0 spiro atoms. The van der Waals surface area contributed by atoms with Crippen LogP contribution in [0.2, 0.25) is 0 Å². The van der Waals surface area contributed by atoms with Crippen LogP contribution in [0.25, 0.3) is 6.08 Å². The third-order valence-electron chi connectivity index (χ3n) is 4.49. The number of hydrazine groups is 1. The van der Waals surface area contributed by atoms with E-state index in [9.17, 15) is 9.59 Å². The largest absolute Gasteiger partial charge is 0.378 e. The van der Waals surface area contributed by atoms with Crippen molar-refractivity contribution in [2.75, 3.05) is 36.2 Å². The number of carbonyl (C=O) groups excluding carboxylic acids is 2. The number of morpholine rings is 1. The number of carbonyl (C=O) groups is 2. The molecular formula is C20H19N3O3. The molecule has 1 N–H and O–H groups in total. The summed E-state index contributed by atoms with van der Waals surface area (Å²) >= 11 is 0. The van der Waals surface area contributed by atoms with Crippen LogP contribution in [0, 0.1) is 0 Å². The van der Waals surface area contributed by atoms with Crippen molar-refractivity contribution in [3.8, 4) is 0 Å². The Hall–Kier alpha value is -3.12. The summed E-state index contributed by atoms with van der Waals surface area (Å²) in [6.45, 7) is 3.20. The maximum atomic E-state index is 12.6. The molecule has 2 saturated heterocycles. The van der Waals surface area contributed by atoms with Crippen LogP contribution < -0.4 is 15.3 Å². The second kappa shape index (κ2) is 7.01. The van der Waals surface area contributed by atoms with Crippen LogP contribution in [0.15, 0.2) is 60.2 Å². The van der Waals surface area contributed by atoms with E-state index in [1.807, 2.05) is 42.5 Å². The predicted octanol–water partition coefficient (Wildman–Crippen LogP) is 1.98. The highest BCUT2D eigenvalue weighted by Crippen LogP contribution is 2.22. The molecule has 6 nitrogen and oxygen atoms in total. The first-order valence-corrected chi connectivity index (χ1v) is 8.57. The summed E-state index contributed by atoms with van der Waals surface area (Å²) in [5, 5.41) is 1.27. The molecule has 0 atom stereocenters. The Balaban J connectivity index is 1.54. The van der Waals surface area contributed by atoms with E-state index in [2.05, 4.69) is 10.3 Å². The molecule has 0 radical (unpaired) electrons. The van der Waals surface area contributed by atoms with Gasteiger partial charge in [-0.15, -0.1) is 0 Å². The van der Waals surface area contributed by atoms with E-state index in [-0.39, 0.29) is 11.5 Å². The van der Waals surface area contributed by atoms with Crippen LogP contribution in [-0.2, 0) is 14.3 Å². The van der Waals surface area contributed by atoms with Crippen LogP contribution in [0.3, 0.4) is 0 Å². The summed E-state index contributed by atoms with van der Waals surface area (Å²) in [5.74, 6) is -0.741. The molecule has 26 heavy (non-hydrogen) atoms. The maximum absolute atomic E-state index is 12.6. The van der Waals surface area contributed by atoms with Crippen LogP contribution in [0.4, 0.5) is 11.4 Å². The molecular weight excluding hydrogens is 330 g/mol. The molecule has 0 saturated carbocycles. The van der Waals surface area contributed by atoms with Gasteiger partial charge in [-0.3, -0.25) is 15.0 Å². The summed E-state index contributed by atoms with van der Waals surface area (Å²) in [7, 11) is 0. The number of para-hydroxylation sites is 1. The van der Waals surface area contributed by atoms with Crippen molar-refractivity contribution >= 4 is 29.3 Å². The zero-order valence-electron chi connectivity index (χ0n) is 14.2. The lowest BCUT2D eigenvalue weighted by Crippen LogP contribution is -2.36. The van der Waals surface area contributed by atoms with E-state index < -0.39 is 5.91 Å². The first-order valence-electron chi connectivity index (χ1n) is 8.57. The van der Waals surface area contributed by atoms with Crippen molar-refractivity contribution < 1.29 is 14.3 Å². The van der Waals surface area contributed by atoms with Crippen molar-refractivity contribution in [3.63, 3.8) is 0 Å². The summed E-state index contributed by atoms with van der Waals surface area (Å²) in [6.07, 6.45) is 1.63. The second-order valence-electron chi connectivity index (χ2n) is 6.17. The first-order chi connectivity index (χ1) is 12.7. The third-order valence-corrected chi connectivity index (χ3v) is 4.49. The van der Waals surface area contributed by atoms with E-state index >= 15 is 0 Å². The van der Waals surface area contributed by atoms with Gasteiger partial charge >= 0.3 is 0 Å². The zero-order chi connectivity index (χ0) is 17.9. The monoisotopic (exact) mass is 349 g/mol. The molecule has 2 fully saturated rings. The standard InChI is InChI=1S/C20H19N3O3/c24-19-18(20(25)23(21-19)17-4-2-1-3-5-17)14-15-6-8-16(9-7-15)22-10-12-26-13-11-22/h1-9,14H,10-13H2,(H,21,24)/b18-14+. The Morgan fingerprint density at radius 3 is 2.27 bits per heavy atom. The molecule has 0 aliphatic carbocycles. The molecule has 132 valence electrons. The van der Waals surface area contributed by atoms with Gasteiger partial charge in [-0.1, -0.05) is 30.3 Å². The first kappa shape index (κ1) is 16.4. The molecule has 0 unspecified atom stereocenters. The van der Waals surface area contributed by atoms with E-state index in [0.29, 0.717) is 5.69 Å². The highest BCUT2D eigenvalue weighted by atomic mass is 16.5.